The number of aromatic nitrogens is 3. The van der Waals surface area contributed by atoms with Gasteiger partial charge in [-0.15, -0.1) is 5.10 Å². The van der Waals surface area contributed by atoms with Gasteiger partial charge in [0.2, 0.25) is 5.95 Å². The molecule has 1 heterocycles. The molecule has 0 saturated heterocycles. The number of hydrogen-bond acceptors (Lipinski definition) is 3. The van der Waals surface area contributed by atoms with Crippen molar-refractivity contribution in [2.45, 2.75) is 6.54 Å². The van der Waals surface area contributed by atoms with Gasteiger partial charge in [0.15, 0.2) is 5.11 Å². The highest BCUT2D eigenvalue weighted by molar-refractivity contribution is 7.80. The number of benzene rings is 2. The Kier molecular flexibility index (Phi) is 5.20. The Morgan fingerprint density at radius 3 is 2.68 bits per heavy atom. The van der Waals surface area contributed by atoms with E-state index in [1.54, 1.807) is 18.2 Å². The average Bonchev–Trinajstić information content (AvgIpc) is 3.00. The molecule has 2 N–H and O–H groups in total. The molecule has 128 valence electrons. The maximum atomic E-state index is 13.7. The molecule has 9 heteroatoms. The number of anilines is 2. The van der Waals surface area contributed by atoms with Gasteiger partial charge in [-0.3, -0.25) is 5.32 Å². The third-order valence-electron chi connectivity index (χ3n) is 3.23. The van der Waals surface area contributed by atoms with E-state index in [0.29, 0.717) is 11.3 Å². The van der Waals surface area contributed by atoms with Crippen LogP contribution in [0.15, 0.2) is 48.8 Å². The van der Waals surface area contributed by atoms with Gasteiger partial charge in [-0.25, -0.2) is 18.4 Å². The standard InChI is InChI=1S/C16H12ClF2N5S/c17-12-7-11(5-6-14(12)19)21-16(25)22-15-20-9-24(23-15)8-10-3-1-2-4-13(10)18/h1-7,9H,8H2,(H2,21,22,23,25). The van der Waals surface area contributed by atoms with E-state index in [0.717, 1.165) is 0 Å². The van der Waals surface area contributed by atoms with Gasteiger partial charge in [0.05, 0.1) is 11.6 Å². The molecule has 3 aromatic rings. The topological polar surface area (TPSA) is 54.8 Å². The van der Waals surface area contributed by atoms with E-state index in [9.17, 15) is 8.78 Å². The Morgan fingerprint density at radius 2 is 1.92 bits per heavy atom. The van der Waals surface area contributed by atoms with Crippen molar-refractivity contribution in [2.24, 2.45) is 0 Å². The summed E-state index contributed by atoms with van der Waals surface area (Å²) in [6.45, 7) is 0.245. The molecule has 0 radical (unpaired) electrons. The van der Waals surface area contributed by atoms with Gasteiger partial charge in [0.1, 0.15) is 18.0 Å². The molecule has 0 amide bonds. The summed E-state index contributed by atoms with van der Waals surface area (Å²) >= 11 is 10.9. The fourth-order valence-corrected chi connectivity index (χ4v) is 2.46. The van der Waals surface area contributed by atoms with Crippen LogP contribution in [0, 0.1) is 11.6 Å². The van der Waals surface area contributed by atoms with Crippen LogP contribution in [-0.4, -0.2) is 19.9 Å². The molecule has 0 atom stereocenters. The maximum absolute atomic E-state index is 13.7. The number of hydrogen-bond donors (Lipinski definition) is 2. The lowest BCUT2D eigenvalue weighted by Crippen LogP contribution is -2.20. The SMILES string of the molecule is Fc1ccc(NC(=S)Nc2ncn(Cc3ccccc3F)n2)cc1Cl. The fraction of sp³-hybridized carbons (Fsp3) is 0.0625. The third-order valence-corrected chi connectivity index (χ3v) is 3.72. The summed E-state index contributed by atoms with van der Waals surface area (Å²) in [6.07, 6.45) is 1.46. The molecule has 2 aromatic carbocycles. The molecule has 0 fully saturated rings. The van der Waals surface area contributed by atoms with Gasteiger partial charge in [-0.1, -0.05) is 29.8 Å². The summed E-state index contributed by atoms with van der Waals surface area (Å²) < 4.78 is 28.3. The van der Waals surface area contributed by atoms with Crippen LogP contribution in [0.3, 0.4) is 0 Å². The molecule has 1 aromatic heterocycles. The van der Waals surface area contributed by atoms with Crippen molar-refractivity contribution in [3.8, 4) is 0 Å². The number of halogens is 3. The highest BCUT2D eigenvalue weighted by atomic mass is 35.5. The first-order valence-corrected chi connectivity index (χ1v) is 7.96. The first kappa shape index (κ1) is 17.2. The first-order valence-electron chi connectivity index (χ1n) is 7.17. The van der Waals surface area contributed by atoms with E-state index in [1.165, 1.54) is 35.3 Å². The number of rotatable bonds is 4. The van der Waals surface area contributed by atoms with Crippen LogP contribution < -0.4 is 10.6 Å². The average molecular weight is 380 g/mol. The Bertz CT molecular complexity index is 915. The second-order valence-electron chi connectivity index (χ2n) is 5.07. The molecule has 0 aliphatic rings. The number of nitrogens with one attached hydrogen (secondary N) is 2. The molecule has 0 spiro atoms. The fourth-order valence-electron chi connectivity index (χ4n) is 2.07. The number of thiocarbonyl (C=S) groups is 1. The van der Waals surface area contributed by atoms with Gasteiger partial charge in [-0.05, 0) is 36.5 Å². The Labute approximate surface area is 152 Å². The minimum Gasteiger partial charge on any atom is -0.332 e. The van der Waals surface area contributed by atoms with Crippen molar-refractivity contribution in [2.75, 3.05) is 10.6 Å². The van der Waals surface area contributed by atoms with E-state index in [-0.39, 0.29) is 28.4 Å². The Hall–Kier alpha value is -2.58. The van der Waals surface area contributed by atoms with E-state index < -0.39 is 5.82 Å². The van der Waals surface area contributed by atoms with Crippen LogP contribution in [0.1, 0.15) is 5.56 Å². The minimum atomic E-state index is -0.514. The van der Waals surface area contributed by atoms with Crippen molar-refractivity contribution in [1.29, 1.82) is 0 Å². The van der Waals surface area contributed by atoms with Crippen LogP contribution in [0.4, 0.5) is 20.4 Å². The molecular weight excluding hydrogens is 368 g/mol. The van der Waals surface area contributed by atoms with E-state index in [2.05, 4.69) is 20.7 Å². The van der Waals surface area contributed by atoms with E-state index >= 15 is 0 Å². The van der Waals surface area contributed by atoms with Crippen LogP contribution in [0.2, 0.25) is 5.02 Å². The first-order chi connectivity index (χ1) is 12.0. The quantitative estimate of drug-likeness (QED) is 0.669. The second kappa shape index (κ2) is 7.54. The zero-order chi connectivity index (χ0) is 17.8. The molecular formula is C16H12ClF2N5S. The second-order valence-corrected chi connectivity index (χ2v) is 5.88. The zero-order valence-electron chi connectivity index (χ0n) is 12.7. The van der Waals surface area contributed by atoms with Crippen molar-refractivity contribution in [1.82, 2.24) is 14.8 Å². The summed E-state index contributed by atoms with van der Waals surface area (Å²) in [5.74, 6) is -0.570. The predicted octanol–water partition coefficient (Wildman–Crippen LogP) is 4.07. The summed E-state index contributed by atoms with van der Waals surface area (Å²) in [6, 6.07) is 10.6. The van der Waals surface area contributed by atoms with Gasteiger partial charge in [0.25, 0.3) is 0 Å². The summed E-state index contributed by atoms with van der Waals surface area (Å²) in [4.78, 5) is 4.06. The molecule has 3 rings (SSSR count). The summed E-state index contributed by atoms with van der Waals surface area (Å²) in [7, 11) is 0. The minimum absolute atomic E-state index is 0.0138. The largest absolute Gasteiger partial charge is 0.332 e. The predicted molar refractivity (Wildman–Crippen MR) is 96.8 cm³/mol. The molecule has 0 bridgehead atoms. The van der Waals surface area contributed by atoms with Crippen molar-refractivity contribution >= 4 is 40.6 Å². The third kappa shape index (κ3) is 4.49. The van der Waals surface area contributed by atoms with E-state index in [4.69, 9.17) is 23.8 Å². The molecule has 0 unspecified atom stereocenters. The van der Waals surface area contributed by atoms with Gasteiger partial charge >= 0.3 is 0 Å². The highest BCUT2D eigenvalue weighted by Crippen LogP contribution is 2.19. The maximum Gasteiger partial charge on any atom is 0.248 e. The lowest BCUT2D eigenvalue weighted by molar-refractivity contribution is 0.585. The van der Waals surface area contributed by atoms with Crippen LogP contribution >= 0.6 is 23.8 Å². The zero-order valence-corrected chi connectivity index (χ0v) is 14.3. The van der Waals surface area contributed by atoms with Crippen molar-refractivity contribution < 1.29 is 8.78 Å². The normalized spacial score (nSPS) is 10.5. The van der Waals surface area contributed by atoms with Gasteiger partial charge in [0, 0.05) is 11.3 Å². The molecule has 0 aliphatic carbocycles. The lowest BCUT2D eigenvalue weighted by Gasteiger charge is -2.08. The molecule has 0 aliphatic heterocycles. The van der Waals surface area contributed by atoms with Crippen LogP contribution in [-0.2, 0) is 6.54 Å². The van der Waals surface area contributed by atoms with Crippen LogP contribution in [0.5, 0.6) is 0 Å². The molecule has 0 saturated carbocycles. The van der Waals surface area contributed by atoms with Crippen molar-refractivity contribution in [3.63, 3.8) is 0 Å². The van der Waals surface area contributed by atoms with Crippen LogP contribution in [0.25, 0.3) is 0 Å². The highest BCUT2D eigenvalue weighted by Gasteiger charge is 2.07. The van der Waals surface area contributed by atoms with Gasteiger partial charge in [-0.2, -0.15) is 0 Å². The Morgan fingerprint density at radius 1 is 1.12 bits per heavy atom. The van der Waals surface area contributed by atoms with E-state index in [1.807, 2.05) is 0 Å². The molecule has 5 nitrogen and oxygen atoms in total. The molecule has 25 heavy (non-hydrogen) atoms. The smallest absolute Gasteiger partial charge is 0.248 e. The Balaban J connectivity index is 1.61. The lowest BCUT2D eigenvalue weighted by atomic mass is 10.2. The summed E-state index contributed by atoms with van der Waals surface area (Å²) in [5.41, 5.74) is 1.02. The summed E-state index contributed by atoms with van der Waals surface area (Å²) in [5, 5.41) is 10.0. The monoisotopic (exact) mass is 379 g/mol. The number of nitrogens with zero attached hydrogens (tertiary/aromatic N) is 3. The van der Waals surface area contributed by atoms with Crippen molar-refractivity contribution in [3.05, 3.63) is 71.0 Å². The van der Waals surface area contributed by atoms with Gasteiger partial charge < -0.3 is 5.32 Å².